The van der Waals surface area contributed by atoms with E-state index in [0.717, 1.165) is 25.1 Å². The van der Waals surface area contributed by atoms with E-state index in [1.165, 1.54) is 22.3 Å². The largest absolute Gasteiger partial charge is 0.334 e. The summed E-state index contributed by atoms with van der Waals surface area (Å²) in [5.41, 5.74) is 6.13. The van der Waals surface area contributed by atoms with E-state index < -0.39 is 0 Å². The van der Waals surface area contributed by atoms with Gasteiger partial charge in [-0.15, -0.1) is 0 Å². The van der Waals surface area contributed by atoms with E-state index in [-0.39, 0.29) is 5.91 Å². The fourth-order valence-electron chi connectivity index (χ4n) is 3.05. The van der Waals surface area contributed by atoms with Gasteiger partial charge in [0.25, 0.3) is 5.91 Å². The van der Waals surface area contributed by atoms with E-state index in [9.17, 15) is 4.79 Å². The second kappa shape index (κ2) is 5.12. The maximum absolute atomic E-state index is 12.5. The molecule has 0 fully saturated rings. The summed E-state index contributed by atoms with van der Waals surface area (Å²) in [6.07, 6.45) is 0.958. The first kappa shape index (κ1) is 12.9. The van der Waals surface area contributed by atoms with Gasteiger partial charge < -0.3 is 4.90 Å². The van der Waals surface area contributed by atoms with Gasteiger partial charge in [-0.3, -0.25) is 4.79 Å². The normalized spacial score (nSPS) is 14.0. The summed E-state index contributed by atoms with van der Waals surface area (Å²) in [4.78, 5) is 14.5. The molecule has 1 aliphatic rings. The van der Waals surface area contributed by atoms with Crippen molar-refractivity contribution in [2.24, 2.45) is 0 Å². The lowest BCUT2D eigenvalue weighted by Crippen LogP contribution is -2.36. The number of aryl methyl sites for hydroxylation is 2. The highest BCUT2D eigenvalue weighted by molar-refractivity contribution is 5.94. The van der Waals surface area contributed by atoms with Gasteiger partial charge in [0, 0.05) is 18.7 Å². The topological polar surface area (TPSA) is 20.3 Å². The van der Waals surface area contributed by atoms with Crippen molar-refractivity contribution in [2.75, 3.05) is 6.54 Å². The maximum atomic E-state index is 12.5. The Morgan fingerprint density at radius 3 is 2.60 bits per heavy atom. The molecule has 0 saturated carbocycles. The van der Waals surface area contributed by atoms with Crippen LogP contribution in [0.4, 0.5) is 0 Å². The molecule has 1 aliphatic heterocycles. The molecule has 0 radical (unpaired) electrons. The van der Waals surface area contributed by atoms with Crippen molar-refractivity contribution in [2.45, 2.75) is 26.8 Å². The number of benzene rings is 2. The Kier molecular flexibility index (Phi) is 3.31. The number of carbonyl (C=O) groups excluding carboxylic acids is 1. The summed E-state index contributed by atoms with van der Waals surface area (Å²) >= 11 is 0. The summed E-state index contributed by atoms with van der Waals surface area (Å²) in [6.45, 7) is 5.82. The lowest BCUT2D eigenvalue weighted by molar-refractivity contribution is 0.0734. The molecule has 3 rings (SSSR count). The Morgan fingerprint density at radius 2 is 1.85 bits per heavy atom. The van der Waals surface area contributed by atoms with E-state index in [2.05, 4.69) is 26.0 Å². The molecule has 2 nitrogen and oxygen atoms in total. The van der Waals surface area contributed by atoms with Gasteiger partial charge in [0.15, 0.2) is 0 Å². The standard InChI is InChI=1S/C18H19NO/c1-13-10-14(2)17-8-9-19(12-16(17)11-13)18(20)15-6-4-3-5-7-15/h3-7,10-11H,8-9,12H2,1-2H3. The zero-order valence-corrected chi connectivity index (χ0v) is 12.0. The second-order valence-electron chi connectivity index (χ2n) is 5.56. The van der Waals surface area contributed by atoms with Crippen LogP contribution in [0.2, 0.25) is 0 Å². The van der Waals surface area contributed by atoms with Crippen molar-refractivity contribution < 1.29 is 4.79 Å². The molecular formula is C18H19NO. The number of nitrogens with zero attached hydrogens (tertiary/aromatic N) is 1. The highest BCUT2D eigenvalue weighted by atomic mass is 16.2. The number of hydrogen-bond acceptors (Lipinski definition) is 1. The monoisotopic (exact) mass is 265 g/mol. The Labute approximate surface area is 120 Å². The molecule has 0 bridgehead atoms. The van der Waals surface area contributed by atoms with Crippen LogP contribution < -0.4 is 0 Å². The molecule has 0 spiro atoms. The van der Waals surface area contributed by atoms with Crippen LogP contribution in [-0.4, -0.2) is 17.4 Å². The molecule has 0 atom stereocenters. The molecule has 0 saturated heterocycles. The van der Waals surface area contributed by atoms with Gasteiger partial charge in [-0.2, -0.15) is 0 Å². The molecule has 20 heavy (non-hydrogen) atoms. The molecule has 0 aromatic heterocycles. The summed E-state index contributed by atoms with van der Waals surface area (Å²) in [6, 6.07) is 14.0. The maximum Gasteiger partial charge on any atom is 0.254 e. The van der Waals surface area contributed by atoms with Gasteiger partial charge in [0.1, 0.15) is 0 Å². The molecule has 2 aromatic rings. The smallest absolute Gasteiger partial charge is 0.254 e. The highest BCUT2D eigenvalue weighted by Crippen LogP contribution is 2.24. The SMILES string of the molecule is Cc1cc(C)c2c(c1)CN(C(=O)c1ccccc1)CC2. The molecule has 102 valence electrons. The molecule has 0 aliphatic carbocycles. The average Bonchev–Trinajstić information content (AvgIpc) is 2.46. The van der Waals surface area contributed by atoms with E-state index in [1.54, 1.807) is 0 Å². The zero-order valence-electron chi connectivity index (χ0n) is 12.0. The van der Waals surface area contributed by atoms with Crippen LogP contribution in [0.1, 0.15) is 32.6 Å². The van der Waals surface area contributed by atoms with Gasteiger partial charge in [-0.1, -0.05) is 35.9 Å². The Hall–Kier alpha value is -2.09. The second-order valence-corrected chi connectivity index (χ2v) is 5.56. The lowest BCUT2D eigenvalue weighted by Gasteiger charge is -2.30. The minimum absolute atomic E-state index is 0.135. The molecule has 0 unspecified atom stereocenters. The van der Waals surface area contributed by atoms with Gasteiger partial charge in [-0.05, 0) is 49.1 Å². The third-order valence-electron chi connectivity index (χ3n) is 4.01. The van der Waals surface area contributed by atoms with Crippen molar-refractivity contribution in [1.82, 2.24) is 4.90 Å². The average molecular weight is 265 g/mol. The van der Waals surface area contributed by atoms with Crippen LogP contribution in [0.25, 0.3) is 0 Å². The first-order chi connectivity index (χ1) is 9.65. The molecule has 1 heterocycles. The van der Waals surface area contributed by atoms with Crippen LogP contribution in [0.5, 0.6) is 0 Å². The summed E-state index contributed by atoms with van der Waals surface area (Å²) < 4.78 is 0. The minimum atomic E-state index is 0.135. The number of amides is 1. The van der Waals surface area contributed by atoms with Crippen LogP contribution in [0.3, 0.4) is 0 Å². The molecule has 0 N–H and O–H groups in total. The Morgan fingerprint density at radius 1 is 1.10 bits per heavy atom. The van der Waals surface area contributed by atoms with Crippen LogP contribution in [0, 0.1) is 13.8 Å². The van der Waals surface area contributed by atoms with Crippen LogP contribution in [-0.2, 0) is 13.0 Å². The first-order valence-electron chi connectivity index (χ1n) is 7.08. The van der Waals surface area contributed by atoms with E-state index in [0.29, 0.717) is 0 Å². The third-order valence-corrected chi connectivity index (χ3v) is 4.01. The van der Waals surface area contributed by atoms with Crippen molar-refractivity contribution in [1.29, 1.82) is 0 Å². The quantitative estimate of drug-likeness (QED) is 0.772. The molecule has 1 amide bonds. The van der Waals surface area contributed by atoms with Crippen molar-refractivity contribution in [3.63, 3.8) is 0 Å². The third kappa shape index (κ3) is 2.34. The fourth-order valence-corrected chi connectivity index (χ4v) is 3.05. The van der Waals surface area contributed by atoms with Crippen LogP contribution >= 0.6 is 0 Å². The number of rotatable bonds is 1. The van der Waals surface area contributed by atoms with Gasteiger partial charge in [0.05, 0.1) is 0 Å². The molecular weight excluding hydrogens is 246 g/mol. The predicted octanol–water partition coefficient (Wildman–Crippen LogP) is 3.50. The van der Waals surface area contributed by atoms with Crippen molar-refractivity contribution in [3.8, 4) is 0 Å². The van der Waals surface area contributed by atoms with E-state index in [4.69, 9.17) is 0 Å². The number of carbonyl (C=O) groups is 1. The minimum Gasteiger partial charge on any atom is -0.334 e. The lowest BCUT2D eigenvalue weighted by atomic mass is 9.93. The van der Waals surface area contributed by atoms with Crippen molar-refractivity contribution in [3.05, 3.63) is 70.3 Å². The summed E-state index contributed by atoms with van der Waals surface area (Å²) in [7, 11) is 0. The Bertz CT molecular complexity index is 646. The van der Waals surface area contributed by atoms with Crippen LogP contribution in [0.15, 0.2) is 42.5 Å². The van der Waals surface area contributed by atoms with Gasteiger partial charge >= 0.3 is 0 Å². The van der Waals surface area contributed by atoms with E-state index >= 15 is 0 Å². The van der Waals surface area contributed by atoms with Gasteiger partial charge in [0.2, 0.25) is 0 Å². The predicted molar refractivity (Wildman–Crippen MR) is 80.8 cm³/mol. The van der Waals surface area contributed by atoms with Gasteiger partial charge in [-0.25, -0.2) is 0 Å². The van der Waals surface area contributed by atoms with Crippen molar-refractivity contribution >= 4 is 5.91 Å². The zero-order chi connectivity index (χ0) is 14.1. The van der Waals surface area contributed by atoms with E-state index in [1.807, 2.05) is 35.2 Å². The highest BCUT2D eigenvalue weighted by Gasteiger charge is 2.22. The Balaban J connectivity index is 1.87. The summed E-state index contributed by atoms with van der Waals surface area (Å²) in [5, 5.41) is 0. The molecule has 2 aromatic carbocycles. The molecule has 2 heteroatoms. The summed E-state index contributed by atoms with van der Waals surface area (Å²) in [5.74, 6) is 0.135. The number of hydrogen-bond donors (Lipinski definition) is 0. The fraction of sp³-hybridized carbons (Fsp3) is 0.278. The first-order valence-corrected chi connectivity index (χ1v) is 7.08. The number of fused-ring (bicyclic) bond motifs is 1.